The molecule has 0 aliphatic rings. The molecule has 1 aromatic carbocycles. The summed E-state index contributed by atoms with van der Waals surface area (Å²) < 4.78 is 0. The van der Waals surface area contributed by atoms with E-state index in [4.69, 9.17) is 0 Å². The molecule has 3 amide bonds. The summed E-state index contributed by atoms with van der Waals surface area (Å²) in [6, 6.07) is 8.93. The Bertz CT molecular complexity index is 614. The number of carbonyl (C=O) groups is 2. The Kier molecular flexibility index (Phi) is 5.33. The van der Waals surface area contributed by atoms with Crippen molar-refractivity contribution < 1.29 is 9.59 Å². The van der Waals surface area contributed by atoms with Gasteiger partial charge in [-0.25, -0.2) is 9.78 Å². The zero-order valence-corrected chi connectivity index (χ0v) is 12.2. The highest BCUT2D eigenvalue weighted by atomic mass is 32.2. The Morgan fingerprint density at radius 2 is 2.05 bits per heavy atom. The van der Waals surface area contributed by atoms with Gasteiger partial charge in [-0.15, -0.1) is 5.10 Å². The third-order valence-electron chi connectivity index (χ3n) is 2.46. The molecular weight excluding hydrogens is 290 g/mol. The van der Waals surface area contributed by atoms with Crippen LogP contribution in [0.4, 0.5) is 4.79 Å². The average Bonchev–Trinajstić information content (AvgIpc) is 2.90. The number of benzene rings is 1. The molecule has 0 saturated carbocycles. The minimum absolute atomic E-state index is 0.0794. The molecule has 2 rings (SSSR count). The number of aromatic amines is 1. The molecule has 0 fully saturated rings. The average molecular weight is 305 g/mol. The Balaban J connectivity index is 1.68. The summed E-state index contributed by atoms with van der Waals surface area (Å²) in [6.45, 7) is 2.14. The number of aryl methyl sites for hydroxylation is 1. The smallest absolute Gasteiger partial charge is 0.321 e. The Hall–Kier alpha value is -2.35. The molecule has 0 saturated heterocycles. The van der Waals surface area contributed by atoms with Gasteiger partial charge >= 0.3 is 6.03 Å². The molecule has 0 unspecified atom stereocenters. The number of nitrogens with one attached hydrogen (secondary N) is 3. The Labute approximate surface area is 125 Å². The number of nitrogens with zero attached hydrogens (tertiary/aromatic N) is 2. The van der Waals surface area contributed by atoms with Crippen LogP contribution < -0.4 is 10.6 Å². The lowest BCUT2D eigenvalue weighted by Gasteiger charge is -2.06. The van der Waals surface area contributed by atoms with Gasteiger partial charge in [0.1, 0.15) is 5.82 Å². The molecule has 0 radical (unpaired) electrons. The minimum atomic E-state index is -0.518. The maximum absolute atomic E-state index is 11.6. The second kappa shape index (κ2) is 7.44. The monoisotopic (exact) mass is 305 g/mol. The van der Waals surface area contributed by atoms with Crippen molar-refractivity contribution in [3.63, 3.8) is 0 Å². The van der Waals surface area contributed by atoms with Crippen molar-refractivity contribution in [1.82, 2.24) is 25.8 Å². The zero-order valence-electron chi connectivity index (χ0n) is 11.4. The van der Waals surface area contributed by atoms with Gasteiger partial charge in [-0.05, 0) is 12.5 Å². The number of urea groups is 1. The number of hydrogen-bond donors (Lipinski definition) is 3. The van der Waals surface area contributed by atoms with Crippen molar-refractivity contribution in [2.75, 3.05) is 5.75 Å². The van der Waals surface area contributed by atoms with Crippen molar-refractivity contribution in [2.45, 2.75) is 18.6 Å². The maximum atomic E-state index is 11.6. The van der Waals surface area contributed by atoms with Gasteiger partial charge in [0.05, 0.1) is 5.75 Å². The highest BCUT2D eigenvalue weighted by molar-refractivity contribution is 7.99. The van der Waals surface area contributed by atoms with E-state index >= 15 is 0 Å². The van der Waals surface area contributed by atoms with E-state index in [9.17, 15) is 9.59 Å². The van der Waals surface area contributed by atoms with Gasteiger partial charge in [0, 0.05) is 6.54 Å². The van der Waals surface area contributed by atoms with Crippen LogP contribution in [0.25, 0.3) is 0 Å². The van der Waals surface area contributed by atoms with E-state index in [2.05, 4.69) is 25.8 Å². The first-order valence-electron chi connectivity index (χ1n) is 6.27. The van der Waals surface area contributed by atoms with Crippen molar-refractivity contribution in [2.24, 2.45) is 0 Å². The quantitative estimate of drug-likeness (QED) is 0.722. The van der Waals surface area contributed by atoms with Crippen LogP contribution in [0.5, 0.6) is 0 Å². The molecule has 1 heterocycles. The third kappa shape index (κ3) is 5.27. The second-order valence-electron chi connectivity index (χ2n) is 4.21. The molecule has 0 aliphatic heterocycles. The fourth-order valence-electron chi connectivity index (χ4n) is 1.50. The van der Waals surface area contributed by atoms with Crippen LogP contribution in [-0.4, -0.2) is 32.9 Å². The Morgan fingerprint density at radius 1 is 1.29 bits per heavy atom. The van der Waals surface area contributed by atoms with Gasteiger partial charge in [0.25, 0.3) is 0 Å². The second-order valence-corrected chi connectivity index (χ2v) is 5.15. The molecule has 7 nitrogen and oxygen atoms in total. The first-order chi connectivity index (χ1) is 10.1. The molecule has 3 N–H and O–H groups in total. The van der Waals surface area contributed by atoms with Gasteiger partial charge < -0.3 is 5.32 Å². The number of aromatic nitrogens is 3. The van der Waals surface area contributed by atoms with E-state index in [1.807, 2.05) is 30.3 Å². The molecule has 0 spiro atoms. The van der Waals surface area contributed by atoms with Crippen molar-refractivity contribution in [1.29, 1.82) is 0 Å². The van der Waals surface area contributed by atoms with Gasteiger partial charge in [-0.1, -0.05) is 42.1 Å². The first kappa shape index (κ1) is 15.0. The zero-order chi connectivity index (χ0) is 15.1. The highest BCUT2D eigenvalue weighted by Crippen LogP contribution is 2.10. The van der Waals surface area contributed by atoms with E-state index < -0.39 is 11.9 Å². The minimum Gasteiger partial charge on any atom is -0.334 e. The molecular formula is C13H15N5O2S. The van der Waals surface area contributed by atoms with E-state index in [-0.39, 0.29) is 5.75 Å². The number of amides is 3. The first-order valence-corrected chi connectivity index (χ1v) is 7.25. The summed E-state index contributed by atoms with van der Waals surface area (Å²) in [7, 11) is 0. The lowest BCUT2D eigenvalue weighted by molar-refractivity contribution is -0.117. The van der Waals surface area contributed by atoms with Crippen LogP contribution in [-0.2, 0) is 11.3 Å². The van der Waals surface area contributed by atoms with Crippen molar-refractivity contribution in [3.05, 3.63) is 41.7 Å². The SMILES string of the molecule is Cc1nc(SCC(=O)NC(=O)NCc2ccccc2)n[nH]1. The van der Waals surface area contributed by atoms with Crippen LogP contribution in [0.1, 0.15) is 11.4 Å². The molecule has 0 aliphatic carbocycles. The third-order valence-corrected chi connectivity index (χ3v) is 3.31. The molecule has 0 atom stereocenters. The fraction of sp³-hybridized carbons (Fsp3) is 0.231. The standard InChI is InChI=1S/C13H15N5O2S/c1-9-15-13(18-17-9)21-8-11(19)16-12(20)14-7-10-5-3-2-4-6-10/h2-6H,7-8H2,1H3,(H,15,17,18)(H2,14,16,19,20). The number of thioether (sulfide) groups is 1. The summed E-state index contributed by atoms with van der Waals surface area (Å²) >= 11 is 1.16. The number of carbonyl (C=O) groups excluding carboxylic acids is 2. The number of rotatable bonds is 5. The number of H-pyrrole nitrogens is 1. The van der Waals surface area contributed by atoms with Gasteiger partial charge in [-0.3, -0.25) is 15.2 Å². The van der Waals surface area contributed by atoms with Crippen LogP contribution in [0.3, 0.4) is 0 Å². The van der Waals surface area contributed by atoms with E-state index in [0.717, 1.165) is 17.3 Å². The van der Waals surface area contributed by atoms with Crippen LogP contribution in [0, 0.1) is 6.92 Å². The van der Waals surface area contributed by atoms with Crippen molar-refractivity contribution >= 4 is 23.7 Å². The largest absolute Gasteiger partial charge is 0.334 e. The molecule has 8 heteroatoms. The highest BCUT2D eigenvalue weighted by Gasteiger charge is 2.09. The van der Waals surface area contributed by atoms with Gasteiger partial charge in [0.15, 0.2) is 0 Å². The molecule has 21 heavy (non-hydrogen) atoms. The summed E-state index contributed by atoms with van der Waals surface area (Å²) in [5.41, 5.74) is 0.964. The van der Waals surface area contributed by atoms with Crippen LogP contribution in [0.2, 0.25) is 0 Å². The summed E-state index contributed by atoms with van der Waals surface area (Å²) in [6.07, 6.45) is 0. The lowest BCUT2D eigenvalue weighted by Crippen LogP contribution is -2.39. The summed E-state index contributed by atoms with van der Waals surface area (Å²) in [5, 5.41) is 11.9. The molecule has 1 aromatic heterocycles. The van der Waals surface area contributed by atoms with Gasteiger partial charge in [0.2, 0.25) is 11.1 Å². The normalized spacial score (nSPS) is 10.1. The topological polar surface area (TPSA) is 99.8 Å². The summed E-state index contributed by atoms with van der Waals surface area (Å²) in [5.74, 6) is 0.363. The fourth-order valence-corrected chi connectivity index (χ4v) is 2.15. The molecule has 2 aromatic rings. The molecule has 0 bridgehead atoms. The predicted molar refractivity (Wildman–Crippen MR) is 78.7 cm³/mol. The lowest BCUT2D eigenvalue weighted by atomic mass is 10.2. The Morgan fingerprint density at radius 3 is 2.71 bits per heavy atom. The van der Waals surface area contributed by atoms with E-state index in [0.29, 0.717) is 17.5 Å². The van der Waals surface area contributed by atoms with E-state index in [1.54, 1.807) is 6.92 Å². The summed E-state index contributed by atoms with van der Waals surface area (Å²) in [4.78, 5) is 27.2. The van der Waals surface area contributed by atoms with Crippen LogP contribution >= 0.6 is 11.8 Å². The number of imide groups is 1. The van der Waals surface area contributed by atoms with Crippen molar-refractivity contribution in [3.8, 4) is 0 Å². The molecule has 110 valence electrons. The maximum Gasteiger partial charge on any atom is 0.321 e. The predicted octanol–water partition coefficient (Wildman–Crippen LogP) is 1.23. The number of hydrogen-bond acceptors (Lipinski definition) is 5. The van der Waals surface area contributed by atoms with Crippen LogP contribution in [0.15, 0.2) is 35.5 Å². The van der Waals surface area contributed by atoms with E-state index in [1.165, 1.54) is 0 Å². The van der Waals surface area contributed by atoms with Gasteiger partial charge in [-0.2, -0.15) is 0 Å².